The number of amides is 2. The van der Waals surface area contributed by atoms with E-state index in [9.17, 15) is 9.59 Å². The first-order valence-electron chi connectivity index (χ1n) is 9.15. The van der Waals surface area contributed by atoms with Crippen molar-refractivity contribution in [1.29, 1.82) is 0 Å². The van der Waals surface area contributed by atoms with Gasteiger partial charge in [0.25, 0.3) is 5.91 Å². The summed E-state index contributed by atoms with van der Waals surface area (Å²) in [5.41, 5.74) is 7.63. The van der Waals surface area contributed by atoms with Gasteiger partial charge in [-0.15, -0.1) is 0 Å². The van der Waals surface area contributed by atoms with Crippen molar-refractivity contribution in [1.82, 2.24) is 10.9 Å². The SMILES string of the molecule is Cc1ccccc1C(=O)NNC(=O)CCCOc1ccc(C(C)(C)C)cc1. The van der Waals surface area contributed by atoms with E-state index in [2.05, 4.69) is 43.8 Å². The molecule has 0 saturated heterocycles. The van der Waals surface area contributed by atoms with Crippen molar-refractivity contribution in [3.8, 4) is 5.75 Å². The van der Waals surface area contributed by atoms with Crippen LogP contribution in [0.5, 0.6) is 5.75 Å². The molecule has 5 heteroatoms. The molecule has 2 aromatic carbocycles. The summed E-state index contributed by atoms with van der Waals surface area (Å²) >= 11 is 0. The topological polar surface area (TPSA) is 67.4 Å². The molecule has 0 aliphatic rings. The molecular formula is C22H28N2O3. The van der Waals surface area contributed by atoms with Gasteiger partial charge in [-0.3, -0.25) is 20.4 Å². The van der Waals surface area contributed by atoms with Gasteiger partial charge in [0.05, 0.1) is 6.61 Å². The smallest absolute Gasteiger partial charge is 0.269 e. The van der Waals surface area contributed by atoms with Gasteiger partial charge in [0, 0.05) is 12.0 Å². The van der Waals surface area contributed by atoms with Gasteiger partial charge < -0.3 is 4.74 Å². The fourth-order valence-corrected chi connectivity index (χ4v) is 2.56. The van der Waals surface area contributed by atoms with Gasteiger partial charge in [-0.05, 0) is 48.1 Å². The molecule has 0 atom stereocenters. The molecule has 2 N–H and O–H groups in total. The van der Waals surface area contributed by atoms with E-state index in [0.29, 0.717) is 18.6 Å². The Labute approximate surface area is 161 Å². The van der Waals surface area contributed by atoms with Crippen molar-refractivity contribution >= 4 is 11.8 Å². The minimum Gasteiger partial charge on any atom is -0.494 e. The second kappa shape index (κ2) is 9.21. The maximum Gasteiger partial charge on any atom is 0.269 e. The molecule has 0 aromatic heterocycles. The van der Waals surface area contributed by atoms with E-state index in [1.165, 1.54) is 5.56 Å². The Hall–Kier alpha value is -2.82. The van der Waals surface area contributed by atoms with Gasteiger partial charge in [-0.2, -0.15) is 0 Å². The van der Waals surface area contributed by atoms with Crippen LogP contribution in [-0.2, 0) is 10.2 Å². The number of ether oxygens (including phenoxy) is 1. The van der Waals surface area contributed by atoms with Crippen molar-refractivity contribution in [2.45, 2.75) is 46.0 Å². The summed E-state index contributed by atoms with van der Waals surface area (Å²) in [7, 11) is 0. The molecule has 0 unspecified atom stereocenters. The maximum absolute atomic E-state index is 12.0. The second-order valence-corrected chi connectivity index (χ2v) is 7.54. The molecule has 0 aliphatic heterocycles. The lowest BCUT2D eigenvalue weighted by molar-refractivity contribution is -0.122. The van der Waals surface area contributed by atoms with E-state index >= 15 is 0 Å². The molecule has 2 rings (SSSR count). The minimum atomic E-state index is -0.323. The Kier molecular flexibility index (Phi) is 6.99. The highest BCUT2D eigenvalue weighted by atomic mass is 16.5. The number of hydrogen-bond donors (Lipinski definition) is 2. The van der Waals surface area contributed by atoms with Crippen LogP contribution in [0, 0.1) is 6.92 Å². The number of aryl methyl sites for hydroxylation is 1. The first-order chi connectivity index (χ1) is 12.8. The average Bonchev–Trinajstić information content (AvgIpc) is 2.63. The number of hydrazine groups is 1. The monoisotopic (exact) mass is 368 g/mol. The number of hydrogen-bond acceptors (Lipinski definition) is 3. The molecule has 27 heavy (non-hydrogen) atoms. The van der Waals surface area contributed by atoms with Crippen LogP contribution in [-0.4, -0.2) is 18.4 Å². The van der Waals surface area contributed by atoms with Crippen LogP contribution in [0.4, 0.5) is 0 Å². The fourth-order valence-electron chi connectivity index (χ4n) is 2.56. The van der Waals surface area contributed by atoms with Crippen molar-refractivity contribution in [3.63, 3.8) is 0 Å². The summed E-state index contributed by atoms with van der Waals surface area (Å²) in [6.07, 6.45) is 0.835. The Morgan fingerprint density at radius 3 is 2.26 bits per heavy atom. The van der Waals surface area contributed by atoms with E-state index in [0.717, 1.165) is 11.3 Å². The van der Waals surface area contributed by atoms with E-state index in [4.69, 9.17) is 4.74 Å². The van der Waals surface area contributed by atoms with Gasteiger partial charge in [0.2, 0.25) is 5.91 Å². The summed E-state index contributed by atoms with van der Waals surface area (Å²) in [6, 6.07) is 15.2. The Balaban J connectivity index is 1.67. The number of carbonyl (C=O) groups excluding carboxylic acids is 2. The highest BCUT2D eigenvalue weighted by Gasteiger charge is 2.13. The predicted molar refractivity (Wildman–Crippen MR) is 107 cm³/mol. The lowest BCUT2D eigenvalue weighted by Crippen LogP contribution is -2.41. The lowest BCUT2D eigenvalue weighted by Gasteiger charge is -2.19. The van der Waals surface area contributed by atoms with Gasteiger partial charge in [-0.1, -0.05) is 51.1 Å². The normalized spacial score (nSPS) is 11.0. The Bertz CT molecular complexity index is 777. The van der Waals surface area contributed by atoms with Crippen LogP contribution in [0.2, 0.25) is 0 Å². The average molecular weight is 368 g/mol. The molecule has 0 radical (unpaired) electrons. The molecule has 0 saturated carbocycles. The third-order valence-corrected chi connectivity index (χ3v) is 4.24. The lowest BCUT2D eigenvalue weighted by atomic mass is 9.87. The van der Waals surface area contributed by atoms with Crippen molar-refractivity contribution in [3.05, 3.63) is 65.2 Å². The van der Waals surface area contributed by atoms with Gasteiger partial charge >= 0.3 is 0 Å². The zero-order valence-corrected chi connectivity index (χ0v) is 16.5. The van der Waals surface area contributed by atoms with Crippen LogP contribution in [0.1, 0.15) is 55.1 Å². The van der Waals surface area contributed by atoms with Gasteiger partial charge in [0.1, 0.15) is 5.75 Å². The number of rotatable bonds is 6. The highest BCUT2D eigenvalue weighted by molar-refractivity contribution is 5.96. The van der Waals surface area contributed by atoms with Crippen molar-refractivity contribution in [2.24, 2.45) is 0 Å². The van der Waals surface area contributed by atoms with E-state index in [-0.39, 0.29) is 23.7 Å². The predicted octanol–water partition coefficient (Wildman–Crippen LogP) is 3.91. The molecule has 0 spiro atoms. The molecule has 5 nitrogen and oxygen atoms in total. The van der Waals surface area contributed by atoms with E-state index in [1.807, 2.05) is 31.2 Å². The van der Waals surface area contributed by atoms with E-state index < -0.39 is 0 Å². The highest BCUT2D eigenvalue weighted by Crippen LogP contribution is 2.24. The molecule has 2 aromatic rings. The van der Waals surface area contributed by atoms with E-state index in [1.54, 1.807) is 12.1 Å². The number of nitrogens with one attached hydrogen (secondary N) is 2. The summed E-state index contributed by atoms with van der Waals surface area (Å²) in [5.74, 6) is 0.219. The summed E-state index contributed by atoms with van der Waals surface area (Å²) < 4.78 is 5.67. The zero-order chi connectivity index (χ0) is 19.9. The van der Waals surface area contributed by atoms with Crippen LogP contribution >= 0.6 is 0 Å². The first kappa shape index (κ1) is 20.5. The Morgan fingerprint density at radius 1 is 0.963 bits per heavy atom. The fraction of sp³-hybridized carbons (Fsp3) is 0.364. The Morgan fingerprint density at radius 2 is 1.63 bits per heavy atom. The number of carbonyl (C=O) groups is 2. The van der Waals surface area contributed by atoms with Gasteiger partial charge in [-0.25, -0.2) is 0 Å². The van der Waals surface area contributed by atoms with Gasteiger partial charge in [0.15, 0.2) is 0 Å². The molecule has 0 fully saturated rings. The second-order valence-electron chi connectivity index (χ2n) is 7.54. The van der Waals surface area contributed by atoms with Crippen LogP contribution in [0.25, 0.3) is 0 Å². The molecule has 0 bridgehead atoms. The summed E-state index contributed by atoms with van der Waals surface area (Å²) in [5, 5.41) is 0. The molecule has 2 amide bonds. The van der Waals surface area contributed by atoms with Crippen molar-refractivity contribution < 1.29 is 14.3 Å². The minimum absolute atomic E-state index is 0.110. The standard InChI is InChI=1S/C22H28N2O3/c1-16-8-5-6-9-19(16)21(26)24-23-20(25)10-7-15-27-18-13-11-17(12-14-18)22(2,3)4/h5-6,8-9,11-14H,7,10,15H2,1-4H3,(H,23,25)(H,24,26). The summed E-state index contributed by atoms with van der Waals surface area (Å²) in [4.78, 5) is 23.9. The quantitative estimate of drug-likeness (QED) is 0.600. The molecule has 0 heterocycles. The third kappa shape index (κ3) is 6.44. The molecule has 144 valence electrons. The maximum atomic E-state index is 12.0. The van der Waals surface area contributed by atoms with Crippen LogP contribution < -0.4 is 15.6 Å². The number of benzene rings is 2. The van der Waals surface area contributed by atoms with Crippen LogP contribution in [0.3, 0.4) is 0 Å². The zero-order valence-electron chi connectivity index (χ0n) is 16.5. The first-order valence-corrected chi connectivity index (χ1v) is 9.15. The third-order valence-electron chi connectivity index (χ3n) is 4.24. The van der Waals surface area contributed by atoms with Crippen LogP contribution in [0.15, 0.2) is 48.5 Å². The molecular weight excluding hydrogens is 340 g/mol. The summed E-state index contributed by atoms with van der Waals surface area (Å²) in [6.45, 7) is 8.79. The largest absolute Gasteiger partial charge is 0.494 e. The molecule has 0 aliphatic carbocycles. The van der Waals surface area contributed by atoms with Crippen molar-refractivity contribution in [2.75, 3.05) is 6.61 Å².